The molecule has 0 saturated heterocycles. The average molecular weight is 222 g/mol. The van der Waals surface area contributed by atoms with Crippen LogP contribution in [0.15, 0.2) is 24.3 Å². The molecule has 3 N–H and O–H groups in total. The first-order chi connectivity index (χ1) is 7.24. The summed E-state index contributed by atoms with van der Waals surface area (Å²) in [5.41, 5.74) is 2.11. The summed E-state index contributed by atoms with van der Waals surface area (Å²) in [6.07, 6.45) is 0. The van der Waals surface area contributed by atoms with Crippen molar-refractivity contribution in [1.82, 2.24) is 5.43 Å². The average Bonchev–Trinajstić information content (AvgIpc) is 2.70. The number of hydrogen-bond donors (Lipinski definition) is 2. The lowest BCUT2D eigenvalue weighted by molar-refractivity contribution is 0.0958. The Hall–Kier alpha value is -1.59. The third kappa shape index (κ3) is 1.79. The van der Waals surface area contributed by atoms with Crippen LogP contribution in [0.1, 0.15) is 9.67 Å². The van der Waals surface area contributed by atoms with Crippen molar-refractivity contribution in [2.75, 3.05) is 7.11 Å². The molecule has 15 heavy (non-hydrogen) atoms. The molecule has 0 aliphatic rings. The van der Waals surface area contributed by atoms with Gasteiger partial charge < -0.3 is 4.74 Å². The van der Waals surface area contributed by atoms with E-state index < -0.39 is 0 Å². The minimum absolute atomic E-state index is 0.268. The van der Waals surface area contributed by atoms with E-state index in [-0.39, 0.29) is 5.91 Å². The highest BCUT2D eigenvalue weighted by Gasteiger charge is 2.08. The molecule has 0 aliphatic heterocycles. The fourth-order valence-electron chi connectivity index (χ4n) is 1.33. The lowest BCUT2D eigenvalue weighted by Crippen LogP contribution is -2.29. The zero-order chi connectivity index (χ0) is 10.8. The van der Waals surface area contributed by atoms with Crippen LogP contribution in [-0.4, -0.2) is 13.0 Å². The smallest absolute Gasteiger partial charge is 0.275 e. The number of thiophene rings is 1. The van der Waals surface area contributed by atoms with Crippen molar-refractivity contribution < 1.29 is 9.53 Å². The van der Waals surface area contributed by atoms with E-state index >= 15 is 0 Å². The van der Waals surface area contributed by atoms with Gasteiger partial charge in [-0.2, -0.15) is 0 Å². The fourth-order valence-corrected chi connectivity index (χ4v) is 2.28. The highest BCUT2D eigenvalue weighted by molar-refractivity contribution is 7.20. The molecule has 0 fully saturated rings. The van der Waals surface area contributed by atoms with Gasteiger partial charge in [-0.3, -0.25) is 10.2 Å². The van der Waals surface area contributed by atoms with Crippen LogP contribution in [-0.2, 0) is 0 Å². The number of ether oxygens (including phenoxy) is 1. The monoisotopic (exact) mass is 222 g/mol. The van der Waals surface area contributed by atoms with Gasteiger partial charge >= 0.3 is 0 Å². The molecule has 1 amide bonds. The van der Waals surface area contributed by atoms with Crippen molar-refractivity contribution in [3.05, 3.63) is 29.1 Å². The van der Waals surface area contributed by atoms with Crippen molar-refractivity contribution in [3.8, 4) is 5.75 Å². The Kier molecular flexibility index (Phi) is 2.57. The quantitative estimate of drug-likeness (QED) is 0.460. The Morgan fingerprint density at radius 1 is 1.47 bits per heavy atom. The van der Waals surface area contributed by atoms with E-state index in [0.29, 0.717) is 4.88 Å². The van der Waals surface area contributed by atoms with E-state index in [1.54, 1.807) is 13.2 Å². The summed E-state index contributed by atoms with van der Waals surface area (Å²) in [6.45, 7) is 0. The van der Waals surface area contributed by atoms with E-state index in [1.807, 2.05) is 18.2 Å². The number of nitrogens with one attached hydrogen (secondary N) is 1. The second kappa shape index (κ2) is 3.88. The van der Waals surface area contributed by atoms with Crippen molar-refractivity contribution in [3.63, 3.8) is 0 Å². The maximum atomic E-state index is 11.3. The molecular formula is C10H10N2O2S. The molecule has 0 unspecified atom stereocenters. The second-order valence-electron chi connectivity index (χ2n) is 2.99. The lowest BCUT2D eigenvalue weighted by Gasteiger charge is -1.97. The highest BCUT2D eigenvalue weighted by Crippen LogP contribution is 2.28. The van der Waals surface area contributed by atoms with Crippen molar-refractivity contribution in [2.24, 2.45) is 5.84 Å². The fraction of sp³-hybridized carbons (Fsp3) is 0.100. The minimum atomic E-state index is -0.268. The Balaban J connectivity index is 2.51. The Morgan fingerprint density at radius 3 is 2.93 bits per heavy atom. The molecule has 0 radical (unpaired) electrons. The summed E-state index contributed by atoms with van der Waals surface area (Å²) in [5, 5.41) is 0.984. The molecule has 0 aliphatic carbocycles. The molecule has 0 bridgehead atoms. The standard InChI is InChI=1S/C10H10N2O2S/c1-14-7-2-3-8-6(4-7)5-9(15-8)10(13)12-11/h2-5H,11H2,1H3,(H,12,13). The van der Waals surface area contributed by atoms with E-state index in [1.165, 1.54) is 11.3 Å². The van der Waals surface area contributed by atoms with E-state index in [0.717, 1.165) is 15.8 Å². The normalized spacial score (nSPS) is 10.3. The molecule has 0 saturated carbocycles. The predicted octanol–water partition coefficient (Wildman–Crippen LogP) is 1.51. The molecular weight excluding hydrogens is 212 g/mol. The van der Waals surface area contributed by atoms with Crippen LogP contribution in [0.2, 0.25) is 0 Å². The zero-order valence-electron chi connectivity index (χ0n) is 8.11. The van der Waals surface area contributed by atoms with Crippen LogP contribution in [0.5, 0.6) is 5.75 Å². The molecule has 0 spiro atoms. The molecule has 5 heteroatoms. The van der Waals surface area contributed by atoms with Crippen LogP contribution in [0.3, 0.4) is 0 Å². The van der Waals surface area contributed by atoms with Gasteiger partial charge in [0.1, 0.15) is 5.75 Å². The minimum Gasteiger partial charge on any atom is -0.497 e. The van der Waals surface area contributed by atoms with E-state index in [2.05, 4.69) is 5.43 Å². The number of nitrogen functional groups attached to an aromatic ring is 1. The number of carbonyl (C=O) groups excluding carboxylic acids is 1. The predicted molar refractivity (Wildman–Crippen MR) is 60.0 cm³/mol. The van der Waals surface area contributed by atoms with Gasteiger partial charge in [0.15, 0.2) is 0 Å². The third-order valence-electron chi connectivity index (χ3n) is 2.08. The largest absolute Gasteiger partial charge is 0.497 e. The molecule has 1 aromatic carbocycles. The number of carbonyl (C=O) groups is 1. The lowest BCUT2D eigenvalue weighted by atomic mass is 10.2. The van der Waals surface area contributed by atoms with Crippen molar-refractivity contribution >= 4 is 27.3 Å². The Labute approximate surface area is 90.6 Å². The SMILES string of the molecule is COc1ccc2sc(C(=O)NN)cc2c1. The maximum absolute atomic E-state index is 11.3. The number of nitrogens with two attached hydrogens (primary N) is 1. The van der Waals surface area contributed by atoms with Crippen molar-refractivity contribution in [2.45, 2.75) is 0 Å². The van der Waals surface area contributed by atoms with Crippen LogP contribution < -0.4 is 16.0 Å². The summed E-state index contributed by atoms with van der Waals surface area (Å²) in [4.78, 5) is 11.9. The number of benzene rings is 1. The van der Waals surface area contributed by atoms with Gasteiger partial charge in [-0.25, -0.2) is 5.84 Å². The highest BCUT2D eigenvalue weighted by atomic mass is 32.1. The second-order valence-corrected chi connectivity index (χ2v) is 4.07. The molecule has 4 nitrogen and oxygen atoms in total. The number of amides is 1. The number of hydrogen-bond acceptors (Lipinski definition) is 4. The molecule has 2 aromatic rings. The van der Waals surface area contributed by atoms with E-state index in [4.69, 9.17) is 10.6 Å². The first kappa shape index (κ1) is 9.95. The maximum Gasteiger partial charge on any atom is 0.275 e. The van der Waals surface area contributed by atoms with Crippen LogP contribution in [0.25, 0.3) is 10.1 Å². The summed E-state index contributed by atoms with van der Waals surface area (Å²) in [6, 6.07) is 7.47. The Morgan fingerprint density at radius 2 is 2.27 bits per heavy atom. The number of rotatable bonds is 2. The molecule has 0 atom stereocenters. The Bertz CT molecular complexity index is 507. The van der Waals surface area contributed by atoms with Gasteiger partial charge in [0.05, 0.1) is 12.0 Å². The molecule has 2 rings (SSSR count). The first-order valence-corrected chi connectivity index (χ1v) is 5.15. The summed E-state index contributed by atoms with van der Waals surface area (Å²) in [7, 11) is 1.61. The third-order valence-corrected chi connectivity index (χ3v) is 3.19. The number of methoxy groups -OCH3 is 1. The summed E-state index contributed by atoms with van der Waals surface area (Å²) >= 11 is 1.40. The first-order valence-electron chi connectivity index (χ1n) is 4.33. The molecule has 78 valence electrons. The topological polar surface area (TPSA) is 64.3 Å². The van der Waals surface area contributed by atoms with Gasteiger partial charge in [-0.15, -0.1) is 11.3 Å². The van der Waals surface area contributed by atoms with Gasteiger partial charge in [-0.1, -0.05) is 0 Å². The van der Waals surface area contributed by atoms with Gasteiger partial charge in [0.25, 0.3) is 5.91 Å². The van der Waals surface area contributed by atoms with Gasteiger partial charge in [-0.05, 0) is 29.7 Å². The number of hydrazine groups is 1. The summed E-state index contributed by atoms with van der Waals surface area (Å²) in [5.74, 6) is 5.57. The van der Waals surface area contributed by atoms with Gasteiger partial charge in [0, 0.05) is 4.70 Å². The van der Waals surface area contributed by atoms with Crippen LogP contribution >= 0.6 is 11.3 Å². The van der Waals surface area contributed by atoms with Gasteiger partial charge in [0.2, 0.25) is 0 Å². The number of fused-ring (bicyclic) bond motifs is 1. The van der Waals surface area contributed by atoms with Crippen LogP contribution in [0.4, 0.5) is 0 Å². The zero-order valence-corrected chi connectivity index (χ0v) is 8.93. The molecule has 1 heterocycles. The van der Waals surface area contributed by atoms with Crippen LogP contribution in [0, 0.1) is 0 Å². The molecule has 1 aromatic heterocycles. The van der Waals surface area contributed by atoms with Crippen molar-refractivity contribution in [1.29, 1.82) is 0 Å². The van der Waals surface area contributed by atoms with E-state index in [9.17, 15) is 4.79 Å². The summed E-state index contributed by atoms with van der Waals surface area (Å²) < 4.78 is 6.13.